The zero-order valence-corrected chi connectivity index (χ0v) is 15.6. The number of amides is 2. The molecule has 0 spiro atoms. The van der Waals surface area contributed by atoms with Crippen LogP contribution >= 0.6 is 0 Å². The van der Waals surface area contributed by atoms with Gasteiger partial charge in [-0.2, -0.15) is 5.10 Å². The van der Waals surface area contributed by atoms with Crippen LogP contribution in [-0.4, -0.2) is 48.4 Å². The van der Waals surface area contributed by atoms with Crippen molar-refractivity contribution in [3.8, 4) is 16.9 Å². The molecule has 0 bridgehead atoms. The molecular weight excluding hydrogens is 356 g/mol. The van der Waals surface area contributed by atoms with Crippen LogP contribution in [0.3, 0.4) is 0 Å². The van der Waals surface area contributed by atoms with E-state index in [2.05, 4.69) is 15.7 Å². The summed E-state index contributed by atoms with van der Waals surface area (Å²) < 4.78 is 6.55. The molecule has 0 fully saturated rings. The smallest absolute Gasteiger partial charge is 0.255 e. The summed E-state index contributed by atoms with van der Waals surface area (Å²) in [5.74, 6) is -0.634. The predicted molar refractivity (Wildman–Crippen MR) is 106 cm³/mol. The molecule has 0 aliphatic heterocycles. The number of aromatic nitrogens is 2. The van der Waals surface area contributed by atoms with Crippen molar-refractivity contribution < 1.29 is 14.3 Å². The van der Waals surface area contributed by atoms with Gasteiger partial charge in [-0.15, -0.1) is 0 Å². The second-order valence-corrected chi connectivity index (χ2v) is 6.06. The Morgan fingerprint density at radius 3 is 2.36 bits per heavy atom. The summed E-state index contributed by atoms with van der Waals surface area (Å²) in [5.41, 5.74) is 2.63. The van der Waals surface area contributed by atoms with E-state index in [1.54, 1.807) is 18.0 Å². The van der Waals surface area contributed by atoms with Gasteiger partial charge in [-0.1, -0.05) is 48.5 Å². The van der Waals surface area contributed by atoms with Gasteiger partial charge in [-0.05, 0) is 12.1 Å². The fraction of sp³-hybridized carbons (Fsp3) is 0.190. The first-order valence-electron chi connectivity index (χ1n) is 8.93. The van der Waals surface area contributed by atoms with Crippen LogP contribution in [0.4, 0.5) is 0 Å². The number of benzene rings is 2. The lowest BCUT2D eigenvalue weighted by Gasteiger charge is -2.06. The molecule has 1 aromatic heterocycles. The molecule has 0 saturated carbocycles. The van der Waals surface area contributed by atoms with Gasteiger partial charge in [-0.3, -0.25) is 9.59 Å². The first-order chi connectivity index (χ1) is 13.7. The molecule has 7 nitrogen and oxygen atoms in total. The zero-order chi connectivity index (χ0) is 19.8. The van der Waals surface area contributed by atoms with Crippen LogP contribution < -0.4 is 10.6 Å². The van der Waals surface area contributed by atoms with Gasteiger partial charge in [0.25, 0.3) is 5.91 Å². The molecule has 0 saturated heterocycles. The maximum absolute atomic E-state index is 12.7. The van der Waals surface area contributed by atoms with E-state index in [1.807, 2.05) is 60.7 Å². The number of ether oxygens (including phenoxy) is 1. The summed E-state index contributed by atoms with van der Waals surface area (Å²) in [6, 6.07) is 19.0. The van der Waals surface area contributed by atoms with Crippen molar-refractivity contribution in [3.05, 3.63) is 72.4 Å². The van der Waals surface area contributed by atoms with Crippen molar-refractivity contribution in [2.24, 2.45) is 0 Å². The average molecular weight is 378 g/mol. The van der Waals surface area contributed by atoms with Gasteiger partial charge in [0.2, 0.25) is 5.91 Å². The van der Waals surface area contributed by atoms with Gasteiger partial charge in [0.05, 0.1) is 24.4 Å². The Bertz CT molecular complexity index is 923. The fourth-order valence-corrected chi connectivity index (χ4v) is 2.67. The highest BCUT2D eigenvalue weighted by atomic mass is 16.5. The molecule has 144 valence electrons. The molecule has 0 aliphatic rings. The minimum absolute atomic E-state index is 0.118. The molecule has 0 aliphatic carbocycles. The van der Waals surface area contributed by atoms with Crippen molar-refractivity contribution >= 4 is 11.8 Å². The van der Waals surface area contributed by atoms with Gasteiger partial charge < -0.3 is 15.4 Å². The Balaban J connectivity index is 1.81. The average Bonchev–Trinajstić information content (AvgIpc) is 3.19. The molecule has 2 N–H and O–H groups in total. The number of carbonyl (C=O) groups is 2. The van der Waals surface area contributed by atoms with E-state index < -0.39 is 0 Å². The van der Waals surface area contributed by atoms with Crippen molar-refractivity contribution in [1.82, 2.24) is 20.4 Å². The highest BCUT2D eigenvalue weighted by molar-refractivity contribution is 6.01. The van der Waals surface area contributed by atoms with E-state index in [4.69, 9.17) is 4.74 Å². The SMILES string of the molecule is COCCNC(=O)CNC(=O)c1cn(-c2ccccc2)nc1-c1ccccc1. The van der Waals surface area contributed by atoms with Gasteiger partial charge >= 0.3 is 0 Å². The fourth-order valence-electron chi connectivity index (χ4n) is 2.67. The number of hydrogen-bond donors (Lipinski definition) is 2. The number of para-hydroxylation sites is 1. The predicted octanol–water partition coefficient (Wildman–Crippen LogP) is 2.03. The Kier molecular flexibility index (Phi) is 6.54. The van der Waals surface area contributed by atoms with E-state index in [0.29, 0.717) is 24.4 Å². The highest BCUT2D eigenvalue weighted by Crippen LogP contribution is 2.23. The van der Waals surface area contributed by atoms with E-state index in [1.165, 1.54) is 0 Å². The van der Waals surface area contributed by atoms with E-state index >= 15 is 0 Å². The maximum Gasteiger partial charge on any atom is 0.255 e. The Morgan fingerprint density at radius 2 is 1.68 bits per heavy atom. The van der Waals surface area contributed by atoms with E-state index in [0.717, 1.165) is 11.3 Å². The number of methoxy groups -OCH3 is 1. The molecule has 2 amide bonds. The molecule has 28 heavy (non-hydrogen) atoms. The number of rotatable bonds is 8. The van der Waals surface area contributed by atoms with Gasteiger partial charge in [-0.25, -0.2) is 4.68 Å². The van der Waals surface area contributed by atoms with Crippen LogP contribution in [0.25, 0.3) is 16.9 Å². The molecule has 7 heteroatoms. The molecule has 0 unspecified atom stereocenters. The van der Waals surface area contributed by atoms with Crippen molar-refractivity contribution in [1.29, 1.82) is 0 Å². The van der Waals surface area contributed by atoms with Crippen molar-refractivity contribution in [3.63, 3.8) is 0 Å². The van der Waals surface area contributed by atoms with Gasteiger partial charge in [0, 0.05) is 25.4 Å². The summed E-state index contributed by atoms with van der Waals surface area (Å²) in [6.07, 6.45) is 1.68. The normalized spacial score (nSPS) is 10.5. The minimum atomic E-state index is -0.358. The van der Waals surface area contributed by atoms with Crippen LogP contribution in [0.15, 0.2) is 66.9 Å². The summed E-state index contributed by atoms with van der Waals surface area (Å²) in [6.45, 7) is 0.696. The number of nitrogens with one attached hydrogen (secondary N) is 2. The summed E-state index contributed by atoms with van der Waals surface area (Å²) in [5, 5.41) is 9.92. The van der Waals surface area contributed by atoms with Gasteiger partial charge in [0.15, 0.2) is 0 Å². The Morgan fingerprint density at radius 1 is 1.00 bits per heavy atom. The second-order valence-electron chi connectivity index (χ2n) is 6.06. The third-order valence-corrected chi connectivity index (χ3v) is 4.06. The van der Waals surface area contributed by atoms with Crippen LogP contribution in [-0.2, 0) is 9.53 Å². The van der Waals surface area contributed by atoms with Crippen LogP contribution in [0.5, 0.6) is 0 Å². The second kappa shape index (κ2) is 9.48. The van der Waals surface area contributed by atoms with Crippen LogP contribution in [0.2, 0.25) is 0 Å². The first kappa shape index (κ1) is 19.3. The Labute approximate surface area is 163 Å². The maximum atomic E-state index is 12.7. The molecule has 0 atom stereocenters. The number of hydrogen-bond acceptors (Lipinski definition) is 4. The Hall–Kier alpha value is -3.45. The molecule has 2 aromatic carbocycles. The minimum Gasteiger partial charge on any atom is -0.383 e. The van der Waals surface area contributed by atoms with Crippen molar-refractivity contribution in [2.75, 3.05) is 26.8 Å². The third kappa shape index (κ3) is 4.83. The van der Waals surface area contributed by atoms with E-state index in [9.17, 15) is 9.59 Å². The van der Waals surface area contributed by atoms with Gasteiger partial charge in [0.1, 0.15) is 5.69 Å². The lowest BCUT2D eigenvalue weighted by Crippen LogP contribution is -2.38. The largest absolute Gasteiger partial charge is 0.383 e. The zero-order valence-electron chi connectivity index (χ0n) is 15.6. The molecule has 1 heterocycles. The summed E-state index contributed by atoms with van der Waals surface area (Å²) >= 11 is 0. The molecule has 3 aromatic rings. The molecule has 3 rings (SSSR count). The summed E-state index contributed by atoms with van der Waals surface area (Å²) in [7, 11) is 1.56. The third-order valence-electron chi connectivity index (χ3n) is 4.06. The standard InChI is InChI=1S/C21H22N4O3/c1-28-13-12-22-19(26)14-23-21(27)18-15-25(17-10-6-3-7-11-17)24-20(18)16-8-4-2-5-9-16/h2-11,15H,12-14H2,1H3,(H,22,26)(H,23,27). The summed E-state index contributed by atoms with van der Waals surface area (Å²) in [4.78, 5) is 24.6. The van der Waals surface area contributed by atoms with E-state index in [-0.39, 0.29) is 18.4 Å². The topological polar surface area (TPSA) is 85.3 Å². The molecular formula is C21H22N4O3. The monoisotopic (exact) mass is 378 g/mol. The first-order valence-corrected chi connectivity index (χ1v) is 8.93. The lowest BCUT2D eigenvalue weighted by molar-refractivity contribution is -0.120. The number of carbonyl (C=O) groups excluding carboxylic acids is 2. The van der Waals surface area contributed by atoms with Crippen molar-refractivity contribution in [2.45, 2.75) is 0 Å². The number of nitrogens with zero attached hydrogens (tertiary/aromatic N) is 2. The van der Waals surface area contributed by atoms with Crippen LogP contribution in [0.1, 0.15) is 10.4 Å². The lowest BCUT2D eigenvalue weighted by atomic mass is 10.1. The highest BCUT2D eigenvalue weighted by Gasteiger charge is 2.19. The molecule has 0 radical (unpaired) electrons. The quantitative estimate of drug-likeness (QED) is 0.588. The van der Waals surface area contributed by atoms with Crippen LogP contribution in [0, 0.1) is 0 Å².